The quantitative estimate of drug-likeness (QED) is 0.362. The Balaban J connectivity index is 1.68. The van der Waals surface area contributed by atoms with Crippen LogP contribution in [-0.2, 0) is 14.2 Å². The molecular weight excluding hydrogens is 332 g/mol. The van der Waals surface area contributed by atoms with Crippen LogP contribution in [0.25, 0.3) is 0 Å². The molecule has 7 nitrogen and oxygen atoms in total. The SMILES string of the molecule is CCNC(=NCC(C)(C)N1CCOCC1)NCCCOC1CCOCC1. The maximum Gasteiger partial charge on any atom is 0.191 e. The third kappa shape index (κ3) is 7.78. The Bertz CT molecular complexity index is 406. The third-order valence-electron chi connectivity index (χ3n) is 4.97. The lowest BCUT2D eigenvalue weighted by Crippen LogP contribution is -2.52. The molecule has 0 aromatic heterocycles. The molecule has 152 valence electrons. The van der Waals surface area contributed by atoms with Crippen LogP contribution in [0.2, 0.25) is 0 Å². The standard InChI is InChI=1S/C19H38N4O3/c1-4-20-18(21-8-5-11-26-17-6-12-24-13-7-17)22-16-19(2,3)23-9-14-25-15-10-23/h17H,4-16H2,1-3H3,(H2,20,21,22). The highest BCUT2D eigenvalue weighted by Crippen LogP contribution is 2.16. The van der Waals surface area contributed by atoms with Gasteiger partial charge in [-0.3, -0.25) is 9.89 Å². The molecule has 0 aliphatic carbocycles. The summed E-state index contributed by atoms with van der Waals surface area (Å²) in [6.45, 7) is 15.2. The van der Waals surface area contributed by atoms with Gasteiger partial charge in [-0.25, -0.2) is 0 Å². The summed E-state index contributed by atoms with van der Waals surface area (Å²) in [6.07, 6.45) is 3.40. The molecule has 0 unspecified atom stereocenters. The van der Waals surface area contributed by atoms with Gasteiger partial charge < -0.3 is 24.8 Å². The Morgan fingerprint density at radius 1 is 1.12 bits per heavy atom. The molecule has 0 amide bonds. The zero-order chi connectivity index (χ0) is 18.7. The lowest BCUT2D eigenvalue weighted by atomic mass is 10.0. The van der Waals surface area contributed by atoms with Crippen LogP contribution >= 0.6 is 0 Å². The number of rotatable bonds is 9. The zero-order valence-electron chi connectivity index (χ0n) is 16.9. The van der Waals surface area contributed by atoms with Crippen molar-refractivity contribution in [3.63, 3.8) is 0 Å². The predicted octanol–water partition coefficient (Wildman–Crippen LogP) is 1.24. The van der Waals surface area contributed by atoms with Crippen LogP contribution in [0.5, 0.6) is 0 Å². The van der Waals surface area contributed by atoms with Crippen molar-refractivity contribution in [2.24, 2.45) is 4.99 Å². The number of aliphatic imine (C=N–C) groups is 1. The highest BCUT2D eigenvalue weighted by Gasteiger charge is 2.28. The van der Waals surface area contributed by atoms with Gasteiger partial charge in [0.2, 0.25) is 0 Å². The first kappa shape index (κ1) is 21.4. The molecule has 7 heteroatoms. The van der Waals surface area contributed by atoms with Crippen molar-refractivity contribution in [2.75, 3.05) is 65.8 Å². The fraction of sp³-hybridized carbons (Fsp3) is 0.947. The van der Waals surface area contributed by atoms with E-state index in [9.17, 15) is 0 Å². The highest BCUT2D eigenvalue weighted by atomic mass is 16.5. The van der Waals surface area contributed by atoms with E-state index in [-0.39, 0.29) is 5.54 Å². The first-order valence-electron chi connectivity index (χ1n) is 10.2. The van der Waals surface area contributed by atoms with Gasteiger partial charge in [-0.1, -0.05) is 0 Å². The smallest absolute Gasteiger partial charge is 0.191 e. The highest BCUT2D eigenvalue weighted by molar-refractivity contribution is 5.79. The molecule has 0 aromatic rings. The maximum absolute atomic E-state index is 5.92. The second-order valence-electron chi connectivity index (χ2n) is 7.57. The summed E-state index contributed by atoms with van der Waals surface area (Å²) in [5.41, 5.74) is 0.0400. The molecule has 2 heterocycles. The molecule has 26 heavy (non-hydrogen) atoms. The Morgan fingerprint density at radius 2 is 1.81 bits per heavy atom. The maximum atomic E-state index is 5.92. The van der Waals surface area contributed by atoms with Crippen molar-refractivity contribution < 1.29 is 14.2 Å². The predicted molar refractivity (Wildman–Crippen MR) is 105 cm³/mol. The molecule has 0 saturated carbocycles. The molecule has 2 aliphatic rings. The molecule has 0 radical (unpaired) electrons. The third-order valence-corrected chi connectivity index (χ3v) is 4.97. The zero-order valence-corrected chi connectivity index (χ0v) is 16.9. The molecule has 2 saturated heterocycles. The van der Waals surface area contributed by atoms with Crippen LogP contribution in [-0.4, -0.2) is 88.3 Å². The Hall–Kier alpha value is -0.890. The average Bonchev–Trinajstić information content (AvgIpc) is 2.67. The van der Waals surface area contributed by atoms with Crippen LogP contribution in [0.15, 0.2) is 4.99 Å². The van der Waals surface area contributed by atoms with E-state index in [0.29, 0.717) is 6.10 Å². The summed E-state index contributed by atoms with van der Waals surface area (Å²) < 4.78 is 16.7. The van der Waals surface area contributed by atoms with Crippen LogP contribution < -0.4 is 10.6 Å². The number of guanidine groups is 1. The molecule has 2 fully saturated rings. The van der Waals surface area contributed by atoms with Gasteiger partial charge in [-0.05, 0) is 40.0 Å². The fourth-order valence-electron chi connectivity index (χ4n) is 3.25. The monoisotopic (exact) mass is 370 g/mol. The molecule has 0 aromatic carbocycles. The first-order valence-corrected chi connectivity index (χ1v) is 10.2. The molecule has 0 atom stereocenters. The van der Waals surface area contributed by atoms with Gasteiger partial charge in [0, 0.05) is 51.5 Å². The van der Waals surface area contributed by atoms with Gasteiger partial charge in [-0.2, -0.15) is 0 Å². The van der Waals surface area contributed by atoms with E-state index >= 15 is 0 Å². The summed E-state index contributed by atoms with van der Waals surface area (Å²) >= 11 is 0. The molecular formula is C19H38N4O3. The summed E-state index contributed by atoms with van der Waals surface area (Å²) in [5, 5.41) is 6.76. The lowest BCUT2D eigenvalue weighted by molar-refractivity contribution is -0.0320. The molecule has 2 N–H and O–H groups in total. The minimum atomic E-state index is 0.0400. The van der Waals surface area contributed by atoms with E-state index in [1.807, 2.05) is 0 Å². The molecule has 2 rings (SSSR count). The number of morpholine rings is 1. The largest absolute Gasteiger partial charge is 0.381 e. The van der Waals surface area contributed by atoms with Crippen LogP contribution in [0.4, 0.5) is 0 Å². The Morgan fingerprint density at radius 3 is 2.50 bits per heavy atom. The van der Waals surface area contributed by atoms with E-state index in [0.717, 1.165) is 91.0 Å². The van der Waals surface area contributed by atoms with Crippen molar-refractivity contribution in [2.45, 2.75) is 51.7 Å². The van der Waals surface area contributed by atoms with Gasteiger partial charge in [-0.15, -0.1) is 0 Å². The summed E-state index contributed by atoms with van der Waals surface area (Å²) in [6, 6.07) is 0. The topological polar surface area (TPSA) is 67.4 Å². The summed E-state index contributed by atoms with van der Waals surface area (Å²) in [4.78, 5) is 7.27. The number of hydrogen-bond donors (Lipinski definition) is 2. The molecule has 0 spiro atoms. The van der Waals surface area contributed by atoms with Gasteiger partial charge in [0.1, 0.15) is 0 Å². The first-order chi connectivity index (χ1) is 12.6. The number of nitrogens with one attached hydrogen (secondary N) is 2. The van der Waals surface area contributed by atoms with E-state index in [1.54, 1.807) is 0 Å². The molecule has 2 aliphatic heterocycles. The summed E-state index contributed by atoms with van der Waals surface area (Å²) in [7, 11) is 0. The van der Waals surface area contributed by atoms with E-state index in [1.165, 1.54) is 0 Å². The normalized spacial score (nSPS) is 21.0. The van der Waals surface area contributed by atoms with Crippen LogP contribution in [0, 0.1) is 0 Å². The molecule has 0 bridgehead atoms. The average molecular weight is 371 g/mol. The lowest BCUT2D eigenvalue weighted by Gasteiger charge is -2.39. The Kier molecular flexibility index (Phi) is 9.67. The number of nitrogens with zero attached hydrogens (tertiary/aromatic N) is 2. The second-order valence-corrected chi connectivity index (χ2v) is 7.57. The minimum absolute atomic E-state index is 0.0400. The van der Waals surface area contributed by atoms with E-state index in [4.69, 9.17) is 19.2 Å². The van der Waals surface area contributed by atoms with Crippen molar-refractivity contribution in [1.82, 2.24) is 15.5 Å². The van der Waals surface area contributed by atoms with Gasteiger partial charge in [0.15, 0.2) is 5.96 Å². The van der Waals surface area contributed by atoms with Crippen LogP contribution in [0.1, 0.15) is 40.0 Å². The fourth-order valence-corrected chi connectivity index (χ4v) is 3.25. The van der Waals surface area contributed by atoms with Gasteiger partial charge in [0.25, 0.3) is 0 Å². The Labute approximate surface area is 158 Å². The van der Waals surface area contributed by atoms with E-state index in [2.05, 4.69) is 36.3 Å². The van der Waals surface area contributed by atoms with E-state index < -0.39 is 0 Å². The van der Waals surface area contributed by atoms with Crippen LogP contribution in [0.3, 0.4) is 0 Å². The van der Waals surface area contributed by atoms with Gasteiger partial charge in [0.05, 0.1) is 25.9 Å². The number of ether oxygens (including phenoxy) is 3. The van der Waals surface area contributed by atoms with Gasteiger partial charge >= 0.3 is 0 Å². The van der Waals surface area contributed by atoms with Crippen molar-refractivity contribution in [3.05, 3.63) is 0 Å². The minimum Gasteiger partial charge on any atom is -0.381 e. The van der Waals surface area contributed by atoms with Crippen molar-refractivity contribution >= 4 is 5.96 Å². The summed E-state index contributed by atoms with van der Waals surface area (Å²) in [5.74, 6) is 0.889. The van der Waals surface area contributed by atoms with Crippen molar-refractivity contribution in [1.29, 1.82) is 0 Å². The number of hydrogen-bond acceptors (Lipinski definition) is 5. The van der Waals surface area contributed by atoms with Crippen molar-refractivity contribution in [3.8, 4) is 0 Å². The second kappa shape index (κ2) is 11.7.